The summed E-state index contributed by atoms with van der Waals surface area (Å²) in [4.78, 5) is 2.91. The van der Waals surface area contributed by atoms with E-state index < -0.39 is 0 Å². The van der Waals surface area contributed by atoms with Crippen molar-refractivity contribution < 1.29 is 0 Å². The minimum atomic E-state index is 0.443. The molecule has 1 aromatic rings. The van der Waals surface area contributed by atoms with E-state index in [1.54, 1.807) is 0 Å². The van der Waals surface area contributed by atoms with Gasteiger partial charge < -0.3 is 10.6 Å². The summed E-state index contributed by atoms with van der Waals surface area (Å²) in [6, 6.07) is 6.27. The Hall–Kier alpha value is -0.610. The summed E-state index contributed by atoms with van der Waals surface area (Å²) in [5.41, 5.74) is 7.85. The van der Waals surface area contributed by atoms with Gasteiger partial charge in [-0.2, -0.15) is 0 Å². The number of hydrogen-bond donors (Lipinski definition) is 1. The molecule has 0 amide bonds. The van der Waals surface area contributed by atoms with E-state index in [-0.39, 0.29) is 0 Å². The van der Waals surface area contributed by atoms with Crippen LogP contribution in [-0.2, 0) is 0 Å². The highest BCUT2D eigenvalue weighted by Crippen LogP contribution is 2.28. The molecule has 0 aromatic heterocycles. The van der Waals surface area contributed by atoms with Crippen molar-refractivity contribution >= 4 is 38.8 Å². The molecule has 0 aliphatic carbocycles. The first-order chi connectivity index (χ1) is 8.61. The molecule has 4 heteroatoms. The smallest absolute Gasteiger partial charge is 0.105 e. The molecule has 2 nitrogen and oxygen atoms in total. The monoisotopic (exact) mass is 326 g/mol. The Morgan fingerprint density at radius 3 is 2.94 bits per heavy atom. The average Bonchev–Trinajstić information content (AvgIpc) is 2.38. The van der Waals surface area contributed by atoms with Crippen molar-refractivity contribution in [3.63, 3.8) is 0 Å². The molecule has 1 unspecified atom stereocenters. The molecule has 0 saturated carbocycles. The molecule has 1 saturated heterocycles. The quantitative estimate of drug-likeness (QED) is 0.858. The van der Waals surface area contributed by atoms with Crippen molar-refractivity contribution in [3.05, 3.63) is 28.2 Å². The predicted molar refractivity (Wildman–Crippen MR) is 85.3 cm³/mol. The van der Waals surface area contributed by atoms with Gasteiger partial charge in [0.05, 0.1) is 0 Å². The van der Waals surface area contributed by atoms with Crippen molar-refractivity contribution in [2.45, 2.75) is 26.2 Å². The fraction of sp³-hybridized carbons (Fsp3) is 0.500. The van der Waals surface area contributed by atoms with Gasteiger partial charge in [-0.1, -0.05) is 25.6 Å². The lowest BCUT2D eigenvalue weighted by molar-refractivity contribution is 0.404. The van der Waals surface area contributed by atoms with E-state index in [9.17, 15) is 0 Å². The topological polar surface area (TPSA) is 29.3 Å². The molecule has 1 aliphatic heterocycles. The molecule has 1 aliphatic rings. The fourth-order valence-corrected chi connectivity index (χ4v) is 3.42. The summed E-state index contributed by atoms with van der Waals surface area (Å²) < 4.78 is 0.992. The normalized spacial score (nSPS) is 19.9. The third kappa shape index (κ3) is 3.04. The summed E-state index contributed by atoms with van der Waals surface area (Å²) >= 11 is 8.57. The number of benzene rings is 1. The molecule has 2 rings (SSSR count). The lowest BCUT2D eigenvalue weighted by atomic mass is 9.95. The number of anilines is 1. The lowest BCUT2D eigenvalue weighted by Crippen LogP contribution is -2.35. The molecular weight excluding hydrogens is 308 g/mol. The molecule has 2 N–H and O–H groups in total. The summed E-state index contributed by atoms with van der Waals surface area (Å²) in [7, 11) is 0. The van der Waals surface area contributed by atoms with Crippen LogP contribution in [0.4, 0.5) is 5.69 Å². The van der Waals surface area contributed by atoms with E-state index in [0.29, 0.717) is 4.99 Å². The second-order valence-corrected chi connectivity index (χ2v) is 6.19. The molecule has 0 spiro atoms. The SMILES string of the molecule is CCC1CCCN(c2ccc(C(N)=S)c(Br)c2)C1. The van der Waals surface area contributed by atoms with Gasteiger partial charge in [0.2, 0.25) is 0 Å². The third-order valence-electron chi connectivity index (χ3n) is 3.68. The van der Waals surface area contributed by atoms with E-state index in [1.807, 2.05) is 6.07 Å². The van der Waals surface area contributed by atoms with E-state index in [0.717, 1.165) is 29.0 Å². The second-order valence-electron chi connectivity index (χ2n) is 4.89. The number of nitrogens with two attached hydrogens (primary N) is 1. The van der Waals surface area contributed by atoms with E-state index >= 15 is 0 Å². The van der Waals surface area contributed by atoms with Crippen molar-refractivity contribution in [1.29, 1.82) is 0 Å². The largest absolute Gasteiger partial charge is 0.389 e. The zero-order chi connectivity index (χ0) is 13.1. The van der Waals surface area contributed by atoms with Crippen LogP contribution in [0.15, 0.2) is 22.7 Å². The van der Waals surface area contributed by atoms with Gasteiger partial charge in [0.25, 0.3) is 0 Å². The molecule has 18 heavy (non-hydrogen) atoms. The summed E-state index contributed by atoms with van der Waals surface area (Å²) in [6.07, 6.45) is 3.91. The first kappa shape index (κ1) is 13.8. The number of piperidine rings is 1. The second kappa shape index (κ2) is 6.02. The molecule has 1 aromatic carbocycles. The van der Waals surface area contributed by atoms with Gasteiger partial charge >= 0.3 is 0 Å². The Balaban J connectivity index is 2.18. The third-order valence-corrected chi connectivity index (χ3v) is 4.56. The highest BCUT2D eigenvalue weighted by molar-refractivity contribution is 9.10. The highest BCUT2D eigenvalue weighted by Gasteiger charge is 2.19. The molecule has 0 bridgehead atoms. The van der Waals surface area contributed by atoms with Crippen LogP contribution in [0.1, 0.15) is 31.7 Å². The molecule has 98 valence electrons. The maximum absolute atomic E-state index is 5.67. The van der Waals surface area contributed by atoms with Crippen LogP contribution in [0.5, 0.6) is 0 Å². The first-order valence-corrected chi connectivity index (χ1v) is 7.66. The van der Waals surface area contributed by atoms with E-state index in [2.05, 4.69) is 39.9 Å². The molecular formula is C14H19BrN2S. The van der Waals surface area contributed by atoms with Gasteiger partial charge in [0.1, 0.15) is 4.99 Å². The average molecular weight is 327 g/mol. The van der Waals surface area contributed by atoms with Crippen LogP contribution >= 0.6 is 28.1 Å². The van der Waals surface area contributed by atoms with Crippen LogP contribution in [0, 0.1) is 5.92 Å². The van der Waals surface area contributed by atoms with Crippen molar-refractivity contribution in [2.75, 3.05) is 18.0 Å². The molecule has 0 radical (unpaired) electrons. The van der Waals surface area contributed by atoms with Crippen molar-refractivity contribution in [2.24, 2.45) is 11.7 Å². The Morgan fingerprint density at radius 1 is 1.56 bits per heavy atom. The van der Waals surface area contributed by atoms with Gasteiger partial charge in [-0.15, -0.1) is 0 Å². The molecule has 1 heterocycles. The summed E-state index contributed by atoms with van der Waals surface area (Å²) in [5.74, 6) is 0.827. The number of nitrogens with zero attached hydrogens (tertiary/aromatic N) is 1. The van der Waals surface area contributed by atoms with E-state index in [4.69, 9.17) is 18.0 Å². The van der Waals surface area contributed by atoms with Crippen LogP contribution in [0.2, 0.25) is 0 Å². The number of hydrogen-bond acceptors (Lipinski definition) is 2. The molecule has 1 fully saturated rings. The maximum Gasteiger partial charge on any atom is 0.105 e. The Kier molecular flexibility index (Phi) is 4.62. The van der Waals surface area contributed by atoms with Gasteiger partial charge in [-0.25, -0.2) is 0 Å². The first-order valence-electron chi connectivity index (χ1n) is 6.46. The highest BCUT2D eigenvalue weighted by atomic mass is 79.9. The fourth-order valence-electron chi connectivity index (χ4n) is 2.53. The summed E-state index contributed by atoms with van der Waals surface area (Å²) in [6.45, 7) is 4.59. The Labute approximate surface area is 123 Å². The number of rotatable bonds is 3. The van der Waals surface area contributed by atoms with Crippen molar-refractivity contribution in [1.82, 2.24) is 0 Å². The van der Waals surface area contributed by atoms with Crippen LogP contribution < -0.4 is 10.6 Å². The van der Waals surface area contributed by atoms with E-state index in [1.165, 1.54) is 24.9 Å². The minimum absolute atomic E-state index is 0.443. The summed E-state index contributed by atoms with van der Waals surface area (Å²) in [5, 5.41) is 0. The standard InChI is InChI=1S/C14H19BrN2S/c1-2-10-4-3-7-17(9-10)11-5-6-12(14(16)18)13(15)8-11/h5-6,8,10H,2-4,7,9H2,1H3,(H2,16,18). The Morgan fingerprint density at radius 2 is 2.33 bits per heavy atom. The van der Waals surface area contributed by atoms with Gasteiger partial charge in [0.15, 0.2) is 0 Å². The predicted octanol–water partition coefficient (Wildman–Crippen LogP) is 3.71. The molecule has 1 atom stereocenters. The van der Waals surface area contributed by atoms with Crippen LogP contribution in [-0.4, -0.2) is 18.1 Å². The van der Waals surface area contributed by atoms with Gasteiger partial charge in [0, 0.05) is 28.8 Å². The van der Waals surface area contributed by atoms with Crippen molar-refractivity contribution in [3.8, 4) is 0 Å². The maximum atomic E-state index is 5.67. The van der Waals surface area contributed by atoms with Crippen LogP contribution in [0.25, 0.3) is 0 Å². The minimum Gasteiger partial charge on any atom is -0.389 e. The number of halogens is 1. The van der Waals surface area contributed by atoms with Crippen LogP contribution in [0.3, 0.4) is 0 Å². The number of thiocarbonyl (C=S) groups is 1. The zero-order valence-electron chi connectivity index (χ0n) is 10.7. The van der Waals surface area contributed by atoms with Gasteiger partial charge in [-0.3, -0.25) is 0 Å². The van der Waals surface area contributed by atoms with Gasteiger partial charge in [-0.05, 0) is 52.9 Å². The lowest BCUT2D eigenvalue weighted by Gasteiger charge is -2.34. The zero-order valence-corrected chi connectivity index (χ0v) is 13.1. The Bertz CT molecular complexity index is 447.